The molecule has 1 heterocycles. The van der Waals surface area contributed by atoms with Gasteiger partial charge in [0.05, 0.1) is 22.8 Å². The summed E-state index contributed by atoms with van der Waals surface area (Å²) < 4.78 is 0. The molecule has 1 aromatic heterocycles. The van der Waals surface area contributed by atoms with Crippen LogP contribution in [-0.4, -0.2) is 21.9 Å². The van der Waals surface area contributed by atoms with Crippen molar-refractivity contribution in [1.82, 2.24) is 10.2 Å². The molecular weight excluding hydrogens is 246 g/mol. The zero-order valence-electron chi connectivity index (χ0n) is 10.4. The highest BCUT2D eigenvalue weighted by Gasteiger charge is 2.10. The summed E-state index contributed by atoms with van der Waals surface area (Å²) in [6, 6.07) is 9.87. The van der Waals surface area contributed by atoms with Gasteiger partial charge in [0.15, 0.2) is 0 Å². The number of carbonyl (C=O) groups is 1. The fourth-order valence-corrected chi connectivity index (χ4v) is 2.30. The molecule has 0 aliphatic carbocycles. The number of nitrogens with one attached hydrogen (secondary N) is 2. The number of amides is 1. The normalized spacial score (nSPS) is 10.3. The highest BCUT2D eigenvalue weighted by molar-refractivity contribution is 8.00. The van der Waals surface area contributed by atoms with E-state index in [-0.39, 0.29) is 5.91 Å². The van der Waals surface area contributed by atoms with Crippen molar-refractivity contribution < 1.29 is 4.79 Å². The van der Waals surface area contributed by atoms with Gasteiger partial charge in [0.1, 0.15) is 0 Å². The van der Waals surface area contributed by atoms with Crippen molar-refractivity contribution in [3.63, 3.8) is 0 Å². The Kier molecular flexibility index (Phi) is 4.04. The van der Waals surface area contributed by atoms with E-state index in [1.807, 2.05) is 44.2 Å². The van der Waals surface area contributed by atoms with Crippen LogP contribution in [0.4, 0.5) is 5.69 Å². The Morgan fingerprint density at radius 3 is 2.67 bits per heavy atom. The van der Waals surface area contributed by atoms with Gasteiger partial charge in [-0.25, -0.2) is 0 Å². The molecule has 2 N–H and O–H groups in total. The van der Waals surface area contributed by atoms with Gasteiger partial charge in [-0.2, -0.15) is 5.10 Å². The maximum absolute atomic E-state index is 11.8. The van der Waals surface area contributed by atoms with Gasteiger partial charge in [-0.05, 0) is 26.0 Å². The van der Waals surface area contributed by atoms with Crippen molar-refractivity contribution >= 4 is 23.4 Å². The van der Waals surface area contributed by atoms with Crippen molar-refractivity contribution in [2.45, 2.75) is 18.7 Å². The molecule has 1 amide bonds. The zero-order valence-corrected chi connectivity index (χ0v) is 11.2. The predicted molar refractivity (Wildman–Crippen MR) is 73.9 cm³/mol. The van der Waals surface area contributed by atoms with Gasteiger partial charge in [0, 0.05) is 4.90 Å². The van der Waals surface area contributed by atoms with Crippen molar-refractivity contribution in [3.8, 4) is 0 Å². The fourth-order valence-electron chi connectivity index (χ4n) is 1.58. The van der Waals surface area contributed by atoms with Gasteiger partial charge < -0.3 is 5.32 Å². The quantitative estimate of drug-likeness (QED) is 0.832. The summed E-state index contributed by atoms with van der Waals surface area (Å²) in [6.07, 6.45) is 0. The second kappa shape index (κ2) is 5.73. The molecule has 0 aliphatic rings. The maximum Gasteiger partial charge on any atom is 0.234 e. The van der Waals surface area contributed by atoms with Gasteiger partial charge in [-0.3, -0.25) is 9.89 Å². The topological polar surface area (TPSA) is 57.8 Å². The lowest BCUT2D eigenvalue weighted by molar-refractivity contribution is -0.113. The predicted octanol–water partition coefficient (Wildman–Crippen LogP) is 2.76. The van der Waals surface area contributed by atoms with Crippen LogP contribution in [-0.2, 0) is 4.79 Å². The van der Waals surface area contributed by atoms with E-state index in [2.05, 4.69) is 15.5 Å². The molecule has 2 rings (SSSR count). The summed E-state index contributed by atoms with van der Waals surface area (Å²) in [7, 11) is 0. The number of hydrogen-bond donors (Lipinski definition) is 2. The number of benzene rings is 1. The molecule has 0 bridgehead atoms. The minimum atomic E-state index is -0.0172. The third-order valence-electron chi connectivity index (χ3n) is 2.51. The Balaban J connectivity index is 1.90. The van der Waals surface area contributed by atoms with E-state index < -0.39 is 0 Å². The van der Waals surface area contributed by atoms with E-state index in [9.17, 15) is 4.79 Å². The molecule has 0 atom stereocenters. The molecule has 94 valence electrons. The van der Waals surface area contributed by atoms with Crippen LogP contribution in [0.25, 0.3) is 0 Å². The highest BCUT2D eigenvalue weighted by atomic mass is 32.2. The van der Waals surface area contributed by atoms with Gasteiger partial charge in [0.2, 0.25) is 5.91 Å². The number of aryl methyl sites for hydroxylation is 2. The molecule has 0 unspecified atom stereocenters. The lowest BCUT2D eigenvalue weighted by Gasteiger charge is -2.05. The number of hydrogen-bond acceptors (Lipinski definition) is 3. The third kappa shape index (κ3) is 3.13. The summed E-state index contributed by atoms with van der Waals surface area (Å²) in [4.78, 5) is 12.9. The van der Waals surface area contributed by atoms with Crippen LogP contribution in [0.3, 0.4) is 0 Å². The van der Waals surface area contributed by atoms with E-state index >= 15 is 0 Å². The Bertz CT molecular complexity index is 517. The van der Waals surface area contributed by atoms with E-state index in [0.29, 0.717) is 5.75 Å². The molecule has 0 fully saturated rings. The molecule has 5 heteroatoms. The van der Waals surface area contributed by atoms with Crippen molar-refractivity contribution in [3.05, 3.63) is 41.7 Å². The Morgan fingerprint density at radius 2 is 2.06 bits per heavy atom. The Hall–Kier alpha value is -1.75. The second-order valence-corrected chi connectivity index (χ2v) is 5.01. The van der Waals surface area contributed by atoms with E-state index in [4.69, 9.17) is 0 Å². The number of H-pyrrole nitrogens is 1. The minimum Gasteiger partial charge on any atom is -0.322 e. The Labute approximate surface area is 110 Å². The third-order valence-corrected chi connectivity index (χ3v) is 3.52. The second-order valence-electron chi connectivity index (χ2n) is 3.96. The summed E-state index contributed by atoms with van der Waals surface area (Å²) in [6.45, 7) is 3.75. The molecule has 1 aromatic carbocycles. The lowest BCUT2D eigenvalue weighted by atomic mass is 10.3. The van der Waals surface area contributed by atoms with Crippen LogP contribution < -0.4 is 5.32 Å². The van der Waals surface area contributed by atoms with E-state index in [0.717, 1.165) is 22.0 Å². The monoisotopic (exact) mass is 261 g/mol. The lowest BCUT2D eigenvalue weighted by Crippen LogP contribution is -2.14. The fraction of sp³-hybridized carbons (Fsp3) is 0.231. The van der Waals surface area contributed by atoms with Gasteiger partial charge in [-0.1, -0.05) is 18.2 Å². The summed E-state index contributed by atoms with van der Waals surface area (Å²) in [5.41, 5.74) is 2.48. The molecule has 2 aromatic rings. The van der Waals surface area contributed by atoms with Crippen LogP contribution in [0.5, 0.6) is 0 Å². The smallest absolute Gasteiger partial charge is 0.234 e. The molecule has 0 radical (unpaired) electrons. The first kappa shape index (κ1) is 12.7. The first-order chi connectivity index (χ1) is 8.66. The molecular formula is C13H15N3OS. The first-order valence-electron chi connectivity index (χ1n) is 5.66. The van der Waals surface area contributed by atoms with Crippen LogP contribution >= 0.6 is 11.8 Å². The SMILES string of the molecule is Cc1n[nH]c(C)c1NC(=O)CSc1ccccc1. The van der Waals surface area contributed by atoms with Gasteiger partial charge >= 0.3 is 0 Å². The standard InChI is InChI=1S/C13H15N3OS/c1-9-13(10(2)16-15-9)14-12(17)8-18-11-6-4-3-5-7-11/h3-7H,8H2,1-2H3,(H,14,17)(H,15,16). The van der Waals surface area contributed by atoms with Crippen molar-refractivity contribution in [2.75, 3.05) is 11.1 Å². The molecule has 0 spiro atoms. The molecule has 0 saturated heterocycles. The summed E-state index contributed by atoms with van der Waals surface area (Å²) >= 11 is 1.52. The number of thioether (sulfide) groups is 1. The zero-order chi connectivity index (χ0) is 13.0. The summed E-state index contributed by atoms with van der Waals surface area (Å²) in [5, 5.41) is 9.76. The first-order valence-corrected chi connectivity index (χ1v) is 6.64. The number of anilines is 1. The number of aromatic amines is 1. The van der Waals surface area contributed by atoms with Crippen molar-refractivity contribution in [2.24, 2.45) is 0 Å². The van der Waals surface area contributed by atoms with Crippen LogP contribution in [0.15, 0.2) is 35.2 Å². The van der Waals surface area contributed by atoms with Crippen LogP contribution in [0, 0.1) is 13.8 Å². The van der Waals surface area contributed by atoms with Gasteiger partial charge in [0.25, 0.3) is 0 Å². The molecule has 18 heavy (non-hydrogen) atoms. The number of aromatic nitrogens is 2. The van der Waals surface area contributed by atoms with E-state index in [1.54, 1.807) is 0 Å². The van der Waals surface area contributed by atoms with Crippen LogP contribution in [0.1, 0.15) is 11.4 Å². The van der Waals surface area contributed by atoms with Gasteiger partial charge in [-0.15, -0.1) is 11.8 Å². The average Bonchev–Trinajstić information content (AvgIpc) is 2.69. The number of nitrogens with zero attached hydrogens (tertiary/aromatic N) is 1. The highest BCUT2D eigenvalue weighted by Crippen LogP contribution is 2.19. The minimum absolute atomic E-state index is 0.0172. The largest absolute Gasteiger partial charge is 0.322 e. The molecule has 0 saturated carbocycles. The molecule has 4 nitrogen and oxygen atoms in total. The Morgan fingerprint density at radius 1 is 1.33 bits per heavy atom. The van der Waals surface area contributed by atoms with Crippen LogP contribution in [0.2, 0.25) is 0 Å². The number of carbonyl (C=O) groups excluding carboxylic acids is 1. The van der Waals surface area contributed by atoms with E-state index in [1.165, 1.54) is 11.8 Å². The molecule has 0 aliphatic heterocycles. The number of rotatable bonds is 4. The maximum atomic E-state index is 11.8. The average molecular weight is 261 g/mol. The van der Waals surface area contributed by atoms with Crippen molar-refractivity contribution in [1.29, 1.82) is 0 Å². The summed E-state index contributed by atoms with van der Waals surface area (Å²) in [5.74, 6) is 0.380.